The maximum Gasteiger partial charge on any atom is 0.221 e. The Hall–Kier alpha value is -1.81. The highest BCUT2D eigenvalue weighted by Crippen LogP contribution is 2.11. The average molecular weight is 290 g/mol. The highest BCUT2D eigenvalue weighted by atomic mass is 16.5. The van der Waals surface area contributed by atoms with Crippen molar-refractivity contribution in [3.63, 3.8) is 0 Å². The van der Waals surface area contributed by atoms with Gasteiger partial charge < -0.3 is 15.4 Å². The summed E-state index contributed by atoms with van der Waals surface area (Å²) < 4.78 is 5.42. The third kappa shape index (κ3) is 8.15. The summed E-state index contributed by atoms with van der Waals surface area (Å²) in [5.41, 5.74) is 0.996. The highest BCUT2D eigenvalue weighted by molar-refractivity contribution is 5.76. The summed E-state index contributed by atoms with van der Waals surface area (Å²) in [5.74, 6) is 0.909. The lowest BCUT2D eigenvalue weighted by atomic mass is 10.1. The Morgan fingerprint density at radius 1 is 1.29 bits per heavy atom. The minimum atomic E-state index is -0.168. The van der Waals surface area contributed by atoms with E-state index in [0.717, 1.165) is 17.9 Å². The number of carbonyl (C=O) groups is 1. The van der Waals surface area contributed by atoms with Gasteiger partial charge in [0.25, 0.3) is 0 Å². The average Bonchev–Trinajstić information content (AvgIpc) is 2.41. The predicted octanol–water partition coefficient (Wildman–Crippen LogP) is 2.65. The lowest BCUT2D eigenvalue weighted by Crippen LogP contribution is -2.41. The van der Waals surface area contributed by atoms with Crippen molar-refractivity contribution in [2.45, 2.75) is 39.3 Å². The van der Waals surface area contributed by atoms with E-state index in [0.29, 0.717) is 19.6 Å². The fourth-order valence-electron chi connectivity index (χ4n) is 1.77. The molecule has 4 nitrogen and oxygen atoms in total. The van der Waals surface area contributed by atoms with Crippen LogP contribution in [-0.2, 0) is 11.3 Å². The molecule has 0 saturated carbocycles. The molecule has 0 saturated heterocycles. The van der Waals surface area contributed by atoms with Crippen LogP contribution >= 0.6 is 0 Å². The molecule has 0 bridgehead atoms. The molecule has 0 fully saturated rings. The fraction of sp³-hybridized carbons (Fsp3) is 0.471. The van der Waals surface area contributed by atoms with E-state index in [2.05, 4.69) is 17.2 Å². The van der Waals surface area contributed by atoms with Crippen molar-refractivity contribution < 1.29 is 9.53 Å². The fourth-order valence-corrected chi connectivity index (χ4v) is 1.77. The van der Waals surface area contributed by atoms with Crippen LogP contribution in [-0.4, -0.2) is 24.6 Å². The number of hydrogen-bond donors (Lipinski definition) is 2. The zero-order valence-corrected chi connectivity index (χ0v) is 13.2. The summed E-state index contributed by atoms with van der Waals surface area (Å²) in [5, 5.41) is 6.20. The third-order valence-corrected chi connectivity index (χ3v) is 2.66. The van der Waals surface area contributed by atoms with E-state index in [1.54, 1.807) is 6.08 Å². The van der Waals surface area contributed by atoms with Gasteiger partial charge in [-0.3, -0.25) is 4.79 Å². The molecule has 0 heterocycles. The molecule has 4 heteroatoms. The number of amides is 1. The van der Waals surface area contributed by atoms with Gasteiger partial charge in [-0.1, -0.05) is 24.8 Å². The van der Waals surface area contributed by atoms with E-state index in [-0.39, 0.29) is 11.4 Å². The molecule has 0 aromatic heterocycles. The van der Waals surface area contributed by atoms with Crippen molar-refractivity contribution in [2.24, 2.45) is 0 Å². The number of hydrogen-bond acceptors (Lipinski definition) is 3. The molecule has 0 spiro atoms. The molecule has 0 aliphatic carbocycles. The molecule has 0 aliphatic heterocycles. The molecule has 21 heavy (non-hydrogen) atoms. The third-order valence-electron chi connectivity index (χ3n) is 2.66. The summed E-state index contributed by atoms with van der Waals surface area (Å²) >= 11 is 0. The van der Waals surface area contributed by atoms with Gasteiger partial charge in [-0.05, 0) is 38.5 Å². The molecule has 1 aromatic carbocycles. The molecular formula is C17H26N2O2. The largest absolute Gasteiger partial charge is 0.490 e. The summed E-state index contributed by atoms with van der Waals surface area (Å²) in [4.78, 5) is 11.6. The molecule has 1 amide bonds. The van der Waals surface area contributed by atoms with Gasteiger partial charge in [0.05, 0.1) is 0 Å². The van der Waals surface area contributed by atoms with E-state index < -0.39 is 0 Å². The molecule has 0 atom stereocenters. The van der Waals surface area contributed by atoms with Crippen molar-refractivity contribution in [2.75, 3.05) is 13.2 Å². The zero-order chi connectivity index (χ0) is 15.7. The van der Waals surface area contributed by atoms with Crippen molar-refractivity contribution in [3.05, 3.63) is 42.5 Å². The zero-order valence-electron chi connectivity index (χ0n) is 13.2. The van der Waals surface area contributed by atoms with E-state index in [4.69, 9.17) is 4.74 Å². The number of ether oxygens (including phenoxy) is 1. The summed E-state index contributed by atoms with van der Waals surface area (Å²) in [6, 6.07) is 7.90. The molecule has 0 radical (unpaired) electrons. The first-order valence-electron chi connectivity index (χ1n) is 7.25. The molecule has 2 N–H and O–H groups in total. The normalized spacial score (nSPS) is 11.0. The van der Waals surface area contributed by atoms with Crippen molar-refractivity contribution in [1.29, 1.82) is 0 Å². The van der Waals surface area contributed by atoms with Crippen LogP contribution in [0.1, 0.15) is 32.8 Å². The summed E-state index contributed by atoms with van der Waals surface area (Å²) in [6.45, 7) is 11.5. The second-order valence-electron chi connectivity index (χ2n) is 5.97. The van der Waals surface area contributed by atoms with Crippen molar-refractivity contribution in [1.82, 2.24) is 10.6 Å². The Labute approximate surface area is 127 Å². The smallest absolute Gasteiger partial charge is 0.221 e. The van der Waals surface area contributed by atoms with Crippen LogP contribution in [0.5, 0.6) is 5.75 Å². The summed E-state index contributed by atoms with van der Waals surface area (Å²) in [7, 11) is 0. The first-order chi connectivity index (χ1) is 9.90. The number of nitrogens with one attached hydrogen (secondary N) is 2. The van der Waals surface area contributed by atoms with E-state index in [1.807, 2.05) is 45.0 Å². The topological polar surface area (TPSA) is 50.4 Å². The quantitative estimate of drug-likeness (QED) is 0.571. The monoisotopic (exact) mass is 290 g/mol. The predicted molar refractivity (Wildman–Crippen MR) is 86.4 cm³/mol. The van der Waals surface area contributed by atoms with Gasteiger partial charge in [0.1, 0.15) is 12.4 Å². The maximum atomic E-state index is 11.6. The second-order valence-corrected chi connectivity index (χ2v) is 5.97. The number of benzene rings is 1. The molecular weight excluding hydrogens is 264 g/mol. The van der Waals surface area contributed by atoms with Crippen LogP contribution in [0.4, 0.5) is 0 Å². The maximum absolute atomic E-state index is 11.6. The lowest BCUT2D eigenvalue weighted by molar-refractivity contribution is -0.122. The molecule has 0 aliphatic rings. The highest BCUT2D eigenvalue weighted by Gasteiger charge is 2.12. The first kappa shape index (κ1) is 17.2. The Morgan fingerprint density at radius 2 is 1.95 bits per heavy atom. The Kier molecular flexibility index (Phi) is 6.96. The van der Waals surface area contributed by atoms with Crippen LogP contribution in [0.15, 0.2) is 36.9 Å². The van der Waals surface area contributed by atoms with Crippen LogP contribution in [0.3, 0.4) is 0 Å². The van der Waals surface area contributed by atoms with Crippen LogP contribution in [0, 0.1) is 0 Å². The van der Waals surface area contributed by atoms with Gasteiger partial charge >= 0.3 is 0 Å². The van der Waals surface area contributed by atoms with Crippen LogP contribution in [0.25, 0.3) is 0 Å². The lowest BCUT2D eigenvalue weighted by Gasteiger charge is -2.20. The number of carbonyl (C=O) groups excluding carboxylic acids is 1. The van der Waals surface area contributed by atoms with Gasteiger partial charge in [0.15, 0.2) is 0 Å². The van der Waals surface area contributed by atoms with Crippen molar-refractivity contribution >= 4 is 5.91 Å². The SMILES string of the molecule is C=CCOc1ccc(CNCCC(=O)NC(C)(C)C)cc1. The van der Waals surface area contributed by atoms with Gasteiger partial charge in [-0.15, -0.1) is 0 Å². The minimum Gasteiger partial charge on any atom is -0.490 e. The number of rotatable bonds is 8. The Balaban J connectivity index is 2.23. The van der Waals surface area contributed by atoms with E-state index >= 15 is 0 Å². The molecule has 1 rings (SSSR count). The Bertz CT molecular complexity index is 447. The minimum absolute atomic E-state index is 0.0724. The van der Waals surface area contributed by atoms with Gasteiger partial charge in [0, 0.05) is 25.0 Å². The second kappa shape index (κ2) is 8.47. The van der Waals surface area contributed by atoms with Gasteiger partial charge in [-0.2, -0.15) is 0 Å². The van der Waals surface area contributed by atoms with E-state index in [9.17, 15) is 4.79 Å². The standard InChI is InChI=1S/C17H26N2O2/c1-5-12-21-15-8-6-14(7-9-15)13-18-11-10-16(20)19-17(2,3)4/h5-9,18H,1,10-13H2,2-4H3,(H,19,20). The van der Waals surface area contributed by atoms with Crippen LogP contribution < -0.4 is 15.4 Å². The van der Waals surface area contributed by atoms with Crippen LogP contribution in [0.2, 0.25) is 0 Å². The summed E-state index contributed by atoms with van der Waals surface area (Å²) in [6.07, 6.45) is 2.20. The van der Waals surface area contributed by atoms with Gasteiger partial charge in [0.2, 0.25) is 5.91 Å². The Morgan fingerprint density at radius 3 is 2.52 bits per heavy atom. The van der Waals surface area contributed by atoms with Gasteiger partial charge in [-0.25, -0.2) is 0 Å². The van der Waals surface area contributed by atoms with E-state index in [1.165, 1.54) is 0 Å². The first-order valence-corrected chi connectivity index (χ1v) is 7.25. The molecule has 1 aromatic rings. The van der Waals surface area contributed by atoms with Crippen molar-refractivity contribution in [3.8, 4) is 5.75 Å². The molecule has 0 unspecified atom stereocenters. The molecule has 116 valence electrons.